The number of aromatic nitrogens is 2. The van der Waals surface area contributed by atoms with Crippen LogP contribution in [0.5, 0.6) is 11.5 Å². The van der Waals surface area contributed by atoms with Gasteiger partial charge in [-0.1, -0.05) is 12.1 Å². The van der Waals surface area contributed by atoms with E-state index in [-0.39, 0.29) is 16.8 Å². The van der Waals surface area contributed by atoms with Gasteiger partial charge in [-0.05, 0) is 41.3 Å². The monoisotopic (exact) mass is 390 g/mol. The molecule has 8 nitrogen and oxygen atoms in total. The zero-order chi connectivity index (χ0) is 18.0. The fourth-order valence-electron chi connectivity index (χ4n) is 2.33. The van der Waals surface area contributed by atoms with E-state index < -0.39 is 10.0 Å². The van der Waals surface area contributed by atoms with Crippen LogP contribution < -0.4 is 19.5 Å². The van der Waals surface area contributed by atoms with Crippen molar-refractivity contribution in [2.75, 3.05) is 16.8 Å². The summed E-state index contributed by atoms with van der Waals surface area (Å²) in [6.45, 7) is 0.756. The first-order valence-corrected chi connectivity index (χ1v) is 9.99. The van der Waals surface area contributed by atoms with Gasteiger partial charge in [-0.2, -0.15) is 0 Å². The fourth-order valence-corrected chi connectivity index (χ4v) is 4.32. The van der Waals surface area contributed by atoms with Gasteiger partial charge in [0.15, 0.2) is 17.3 Å². The van der Waals surface area contributed by atoms with Gasteiger partial charge in [0, 0.05) is 6.54 Å². The van der Waals surface area contributed by atoms with E-state index in [0.717, 1.165) is 22.6 Å². The maximum absolute atomic E-state index is 12.1. The van der Waals surface area contributed by atoms with Crippen molar-refractivity contribution in [3.05, 3.63) is 53.4 Å². The minimum Gasteiger partial charge on any atom is -0.454 e. The molecule has 0 spiro atoms. The van der Waals surface area contributed by atoms with Crippen molar-refractivity contribution in [3.63, 3.8) is 0 Å². The highest BCUT2D eigenvalue weighted by molar-refractivity contribution is 7.94. The van der Waals surface area contributed by atoms with E-state index in [9.17, 15) is 8.42 Å². The Labute approximate surface area is 153 Å². The van der Waals surface area contributed by atoms with E-state index >= 15 is 0 Å². The lowest BCUT2D eigenvalue weighted by Crippen LogP contribution is -2.13. The van der Waals surface area contributed by atoms with Crippen LogP contribution in [0, 0.1) is 0 Å². The number of benzene rings is 1. The second kappa shape index (κ2) is 6.81. The topological polar surface area (TPSA) is 102 Å². The highest BCUT2D eigenvalue weighted by atomic mass is 32.2. The van der Waals surface area contributed by atoms with Gasteiger partial charge in [0.1, 0.15) is 10.0 Å². The number of rotatable bonds is 6. The predicted octanol–water partition coefficient (Wildman–Crippen LogP) is 2.68. The van der Waals surface area contributed by atoms with Gasteiger partial charge < -0.3 is 14.8 Å². The molecule has 3 aromatic rings. The van der Waals surface area contributed by atoms with Crippen molar-refractivity contribution < 1.29 is 17.9 Å². The minimum atomic E-state index is -3.62. The molecule has 1 aliphatic rings. The zero-order valence-corrected chi connectivity index (χ0v) is 15.0. The van der Waals surface area contributed by atoms with Crippen LogP contribution >= 0.6 is 11.3 Å². The first-order chi connectivity index (χ1) is 12.6. The Morgan fingerprint density at radius 2 is 1.85 bits per heavy atom. The summed E-state index contributed by atoms with van der Waals surface area (Å²) >= 11 is 1.14. The molecule has 0 saturated carbocycles. The Bertz CT molecular complexity index is 1010. The van der Waals surface area contributed by atoms with Crippen LogP contribution in [0.25, 0.3) is 0 Å². The molecule has 2 N–H and O–H groups in total. The molecular formula is C16H14N4O4S2. The summed E-state index contributed by atoms with van der Waals surface area (Å²) in [6, 6.07) is 12.1. The highest BCUT2D eigenvalue weighted by Crippen LogP contribution is 2.32. The van der Waals surface area contributed by atoms with E-state index in [0.29, 0.717) is 18.1 Å². The molecule has 0 bridgehead atoms. The largest absolute Gasteiger partial charge is 0.454 e. The highest BCUT2D eigenvalue weighted by Gasteiger charge is 2.16. The van der Waals surface area contributed by atoms with Crippen LogP contribution in [0.2, 0.25) is 0 Å². The Hall–Kier alpha value is -2.85. The average molecular weight is 390 g/mol. The molecule has 1 aromatic carbocycles. The van der Waals surface area contributed by atoms with E-state index in [4.69, 9.17) is 9.47 Å². The lowest BCUT2D eigenvalue weighted by Gasteiger charge is -2.08. The molecule has 2 aromatic heterocycles. The number of fused-ring (bicyclic) bond motifs is 1. The summed E-state index contributed by atoms with van der Waals surface area (Å²) in [4.78, 5) is 0. The van der Waals surface area contributed by atoms with Crippen molar-refractivity contribution in [2.24, 2.45) is 0 Å². The minimum absolute atomic E-state index is 0.159. The Balaban J connectivity index is 1.39. The molecule has 0 saturated heterocycles. The number of nitrogens with zero attached hydrogens (tertiary/aromatic N) is 2. The second-order valence-electron chi connectivity index (χ2n) is 5.38. The third kappa shape index (κ3) is 3.55. The molecule has 0 fully saturated rings. The second-order valence-corrected chi connectivity index (χ2v) is 8.24. The van der Waals surface area contributed by atoms with E-state index in [1.807, 2.05) is 18.2 Å². The van der Waals surface area contributed by atoms with Crippen molar-refractivity contribution in [3.8, 4) is 11.5 Å². The Kier molecular flexibility index (Phi) is 4.35. The molecule has 3 heterocycles. The zero-order valence-electron chi connectivity index (χ0n) is 13.4. The van der Waals surface area contributed by atoms with Crippen LogP contribution in [-0.2, 0) is 16.6 Å². The molecule has 0 aliphatic carbocycles. The van der Waals surface area contributed by atoms with Gasteiger partial charge >= 0.3 is 0 Å². The van der Waals surface area contributed by atoms with Crippen LogP contribution in [0.15, 0.2) is 52.1 Å². The normalized spacial score (nSPS) is 12.8. The third-order valence-corrected chi connectivity index (χ3v) is 6.33. The molecule has 0 radical (unpaired) electrons. The summed E-state index contributed by atoms with van der Waals surface area (Å²) in [5.41, 5.74) is 0.999. The van der Waals surface area contributed by atoms with Gasteiger partial charge in [0.2, 0.25) is 6.79 Å². The predicted molar refractivity (Wildman–Crippen MR) is 97.1 cm³/mol. The molecule has 4 rings (SSSR count). The molecular weight excluding hydrogens is 376 g/mol. The molecule has 0 unspecified atom stereocenters. The van der Waals surface area contributed by atoms with E-state index in [2.05, 4.69) is 20.2 Å². The van der Waals surface area contributed by atoms with Crippen LogP contribution in [0.4, 0.5) is 11.6 Å². The van der Waals surface area contributed by atoms with Crippen molar-refractivity contribution in [1.29, 1.82) is 0 Å². The number of anilines is 2. The summed E-state index contributed by atoms with van der Waals surface area (Å²) in [5.74, 6) is 2.14. The standard InChI is InChI=1S/C16H14N4O4S2/c21-26(22,16-2-1-7-25-16)20-15-6-5-14(18-19-15)17-9-11-3-4-12-13(8-11)24-10-23-12/h1-8H,9-10H2,(H,17,18)(H,19,20). The number of nitrogens with one attached hydrogen (secondary N) is 2. The average Bonchev–Trinajstić information content (AvgIpc) is 3.32. The SMILES string of the molecule is O=S(=O)(Nc1ccc(NCc2ccc3c(c2)OCO3)nn1)c1cccs1. The first kappa shape index (κ1) is 16.6. The van der Waals surface area contributed by atoms with Crippen molar-refractivity contribution in [2.45, 2.75) is 10.8 Å². The van der Waals surface area contributed by atoms with Crippen LogP contribution in [-0.4, -0.2) is 25.4 Å². The molecule has 0 amide bonds. The van der Waals surface area contributed by atoms with E-state index in [1.54, 1.807) is 23.6 Å². The van der Waals surface area contributed by atoms with Crippen molar-refractivity contribution >= 4 is 33.0 Å². The summed E-state index contributed by atoms with van der Waals surface area (Å²) < 4.78 is 37.5. The summed E-state index contributed by atoms with van der Waals surface area (Å²) in [5, 5.41) is 12.7. The summed E-state index contributed by atoms with van der Waals surface area (Å²) in [7, 11) is -3.62. The van der Waals surface area contributed by atoms with Gasteiger partial charge in [-0.25, -0.2) is 8.42 Å². The smallest absolute Gasteiger partial charge is 0.272 e. The number of hydrogen-bond acceptors (Lipinski definition) is 8. The summed E-state index contributed by atoms with van der Waals surface area (Å²) in [6.07, 6.45) is 0. The first-order valence-electron chi connectivity index (χ1n) is 7.63. The maximum Gasteiger partial charge on any atom is 0.272 e. The van der Waals surface area contributed by atoms with Crippen LogP contribution in [0.3, 0.4) is 0 Å². The van der Waals surface area contributed by atoms with Gasteiger partial charge in [-0.3, -0.25) is 4.72 Å². The molecule has 10 heteroatoms. The Morgan fingerprint density at radius 3 is 2.62 bits per heavy atom. The van der Waals surface area contributed by atoms with Gasteiger partial charge in [0.05, 0.1) is 0 Å². The lowest BCUT2D eigenvalue weighted by molar-refractivity contribution is 0.174. The third-order valence-electron chi connectivity index (χ3n) is 3.57. The molecule has 26 heavy (non-hydrogen) atoms. The fraction of sp³-hybridized carbons (Fsp3) is 0.125. The Morgan fingerprint density at radius 1 is 1.04 bits per heavy atom. The number of thiophene rings is 1. The number of hydrogen-bond donors (Lipinski definition) is 2. The van der Waals surface area contributed by atoms with E-state index in [1.165, 1.54) is 6.07 Å². The number of sulfonamides is 1. The lowest BCUT2D eigenvalue weighted by atomic mass is 10.2. The maximum atomic E-state index is 12.1. The molecule has 0 atom stereocenters. The van der Waals surface area contributed by atoms with Gasteiger partial charge in [-0.15, -0.1) is 21.5 Å². The quantitative estimate of drug-likeness (QED) is 0.667. The van der Waals surface area contributed by atoms with Gasteiger partial charge in [0.25, 0.3) is 10.0 Å². The number of ether oxygens (including phenoxy) is 2. The molecule has 1 aliphatic heterocycles. The van der Waals surface area contributed by atoms with Crippen molar-refractivity contribution in [1.82, 2.24) is 10.2 Å². The van der Waals surface area contributed by atoms with Crippen LogP contribution in [0.1, 0.15) is 5.56 Å². The molecule has 134 valence electrons.